The van der Waals surface area contributed by atoms with Crippen molar-refractivity contribution in [2.75, 3.05) is 17.7 Å². The van der Waals surface area contributed by atoms with E-state index in [9.17, 15) is 13.2 Å². The smallest absolute Gasteiger partial charge is 0.327 e. The van der Waals surface area contributed by atoms with Crippen molar-refractivity contribution in [1.82, 2.24) is 0 Å². The molecular formula is C12H17NO5S. The lowest BCUT2D eigenvalue weighted by molar-refractivity contribution is -0.138. The fourth-order valence-electron chi connectivity index (χ4n) is 1.79. The Morgan fingerprint density at radius 1 is 1.47 bits per heavy atom. The molecule has 0 spiro atoms. The van der Waals surface area contributed by atoms with E-state index >= 15 is 0 Å². The van der Waals surface area contributed by atoms with Gasteiger partial charge in [0.15, 0.2) is 0 Å². The first-order chi connectivity index (χ1) is 8.81. The van der Waals surface area contributed by atoms with Crippen molar-refractivity contribution in [2.24, 2.45) is 0 Å². The van der Waals surface area contributed by atoms with Gasteiger partial charge in [-0.2, -0.15) is 0 Å². The van der Waals surface area contributed by atoms with Gasteiger partial charge in [-0.05, 0) is 18.6 Å². The first kappa shape index (κ1) is 15.3. The van der Waals surface area contributed by atoms with Crippen LogP contribution < -0.4 is 9.04 Å². The number of carboxylic acid groups (broad SMARTS) is 1. The third-order valence-electron chi connectivity index (χ3n) is 2.62. The number of hydrogen-bond acceptors (Lipinski definition) is 4. The summed E-state index contributed by atoms with van der Waals surface area (Å²) >= 11 is 0. The zero-order valence-corrected chi connectivity index (χ0v) is 11.8. The van der Waals surface area contributed by atoms with Crippen LogP contribution in [-0.4, -0.2) is 38.9 Å². The number of anilines is 1. The Morgan fingerprint density at radius 2 is 2.11 bits per heavy atom. The molecule has 0 aromatic heterocycles. The fraction of sp³-hybridized carbons (Fsp3) is 0.417. The molecule has 7 heteroatoms. The van der Waals surface area contributed by atoms with Crippen LogP contribution in [0.25, 0.3) is 0 Å². The van der Waals surface area contributed by atoms with Gasteiger partial charge in [0.05, 0.1) is 19.1 Å². The summed E-state index contributed by atoms with van der Waals surface area (Å²) in [6, 6.07) is 5.16. The summed E-state index contributed by atoms with van der Waals surface area (Å²) in [5, 5.41) is 9.16. The summed E-state index contributed by atoms with van der Waals surface area (Å²) in [4.78, 5) is 11.2. The number of methoxy groups -OCH3 is 1. The van der Waals surface area contributed by atoms with E-state index in [1.165, 1.54) is 19.2 Å². The summed E-state index contributed by atoms with van der Waals surface area (Å²) in [5.74, 6) is -0.720. The van der Waals surface area contributed by atoms with E-state index in [0.29, 0.717) is 5.75 Å². The summed E-state index contributed by atoms with van der Waals surface area (Å²) in [6.07, 6.45) is 1.15. The molecule has 1 atom stereocenters. The number of benzene rings is 1. The number of sulfonamides is 1. The van der Waals surface area contributed by atoms with Gasteiger partial charge in [0.1, 0.15) is 11.8 Å². The second-order valence-corrected chi connectivity index (χ2v) is 5.88. The van der Waals surface area contributed by atoms with Crippen LogP contribution in [0.1, 0.15) is 13.3 Å². The molecule has 0 amide bonds. The van der Waals surface area contributed by atoms with Crippen LogP contribution in [0.5, 0.6) is 5.75 Å². The van der Waals surface area contributed by atoms with Gasteiger partial charge in [0, 0.05) is 6.07 Å². The van der Waals surface area contributed by atoms with Crippen LogP contribution in [0.4, 0.5) is 5.69 Å². The normalized spacial score (nSPS) is 12.8. The summed E-state index contributed by atoms with van der Waals surface area (Å²) < 4.78 is 29.6. The largest absolute Gasteiger partial charge is 0.497 e. The molecule has 0 bridgehead atoms. The van der Waals surface area contributed by atoms with E-state index in [0.717, 1.165) is 10.6 Å². The van der Waals surface area contributed by atoms with E-state index in [4.69, 9.17) is 9.84 Å². The Bertz CT molecular complexity index is 555. The quantitative estimate of drug-likeness (QED) is 0.853. The number of ether oxygens (including phenoxy) is 1. The van der Waals surface area contributed by atoms with Crippen LogP contribution in [0.2, 0.25) is 0 Å². The average molecular weight is 287 g/mol. The molecule has 0 heterocycles. The topological polar surface area (TPSA) is 83.9 Å². The molecule has 0 aliphatic heterocycles. The average Bonchev–Trinajstić information content (AvgIpc) is 2.33. The molecule has 1 aromatic carbocycles. The maximum absolute atomic E-state index is 11.9. The van der Waals surface area contributed by atoms with Crippen molar-refractivity contribution >= 4 is 21.7 Å². The van der Waals surface area contributed by atoms with Crippen molar-refractivity contribution in [3.8, 4) is 5.75 Å². The maximum atomic E-state index is 11.9. The highest BCUT2D eigenvalue weighted by molar-refractivity contribution is 7.92. The first-order valence-corrected chi connectivity index (χ1v) is 7.52. The van der Waals surface area contributed by atoms with Gasteiger partial charge in [0.25, 0.3) is 0 Å². The van der Waals surface area contributed by atoms with Crippen molar-refractivity contribution in [2.45, 2.75) is 19.4 Å². The number of carboxylic acids is 1. The molecule has 0 aliphatic carbocycles. The molecule has 106 valence electrons. The molecular weight excluding hydrogens is 270 g/mol. The Kier molecular flexibility index (Phi) is 4.77. The van der Waals surface area contributed by atoms with Gasteiger partial charge in [-0.15, -0.1) is 0 Å². The number of carbonyl (C=O) groups is 1. The van der Waals surface area contributed by atoms with E-state index in [2.05, 4.69) is 0 Å². The minimum atomic E-state index is -3.70. The Hall–Kier alpha value is -1.76. The van der Waals surface area contributed by atoms with Gasteiger partial charge in [-0.3, -0.25) is 4.31 Å². The highest BCUT2D eigenvalue weighted by Gasteiger charge is 2.31. The van der Waals surface area contributed by atoms with Crippen LogP contribution in [-0.2, 0) is 14.8 Å². The lowest BCUT2D eigenvalue weighted by Crippen LogP contribution is -2.44. The molecule has 0 aliphatic rings. The molecule has 0 fully saturated rings. The van der Waals surface area contributed by atoms with E-state index in [1.807, 2.05) is 0 Å². The second kappa shape index (κ2) is 5.92. The standard InChI is InChI=1S/C12H17NO5S/c1-4-11(12(14)15)13(19(3,16)17)9-6-5-7-10(8-9)18-2/h5-8,11H,4H2,1-3H3,(H,14,15). The maximum Gasteiger partial charge on any atom is 0.327 e. The minimum absolute atomic E-state index is 0.166. The SMILES string of the molecule is CCC(C(=O)O)N(c1cccc(OC)c1)S(C)(=O)=O. The number of nitrogens with zero attached hydrogens (tertiary/aromatic N) is 1. The fourth-order valence-corrected chi connectivity index (χ4v) is 2.99. The van der Waals surface area contributed by atoms with Crippen LogP contribution in [0.15, 0.2) is 24.3 Å². The summed E-state index contributed by atoms with van der Waals surface area (Å²) in [7, 11) is -2.25. The highest BCUT2D eigenvalue weighted by Crippen LogP contribution is 2.26. The van der Waals surface area contributed by atoms with Gasteiger partial charge in [0.2, 0.25) is 10.0 Å². The lowest BCUT2D eigenvalue weighted by atomic mass is 10.2. The predicted molar refractivity (Wildman–Crippen MR) is 72.0 cm³/mol. The molecule has 6 nitrogen and oxygen atoms in total. The van der Waals surface area contributed by atoms with Crippen molar-refractivity contribution < 1.29 is 23.1 Å². The summed E-state index contributed by atoms with van der Waals surface area (Å²) in [5.41, 5.74) is 0.274. The van der Waals surface area contributed by atoms with E-state index in [1.54, 1.807) is 19.1 Å². The van der Waals surface area contributed by atoms with Gasteiger partial charge >= 0.3 is 5.97 Å². The third kappa shape index (κ3) is 3.60. The highest BCUT2D eigenvalue weighted by atomic mass is 32.2. The van der Waals surface area contributed by atoms with Crippen LogP contribution in [0, 0.1) is 0 Å². The molecule has 1 rings (SSSR count). The summed E-state index contributed by atoms with van der Waals surface area (Å²) in [6.45, 7) is 1.62. The zero-order valence-electron chi connectivity index (χ0n) is 11.0. The van der Waals surface area contributed by atoms with Gasteiger partial charge in [-0.25, -0.2) is 13.2 Å². The molecule has 0 saturated carbocycles. The molecule has 19 heavy (non-hydrogen) atoms. The number of hydrogen-bond donors (Lipinski definition) is 1. The van der Waals surface area contributed by atoms with E-state index in [-0.39, 0.29) is 12.1 Å². The lowest BCUT2D eigenvalue weighted by Gasteiger charge is -2.28. The van der Waals surface area contributed by atoms with Crippen LogP contribution >= 0.6 is 0 Å². The second-order valence-electron chi connectivity index (χ2n) is 4.02. The van der Waals surface area contributed by atoms with Crippen molar-refractivity contribution in [3.63, 3.8) is 0 Å². The molecule has 0 radical (unpaired) electrons. The third-order valence-corrected chi connectivity index (χ3v) is 3.80. The Labute approximate surface area is 112 Å². The van der Waals surface area contributed by atoms with Crippen LogP contribution in [0.3, 0.4) is 0 Å². The molecule has 1 N–H and O–H groups in total. The van der Waals surface area contributed by atoms with E-state index < -0.39 is 22.0 Å². The van der Waals surface area contributed by atoms with Crippen molar-refractivity contribution in [1.29, 1.82) is 0 Å². The van der Waals surface area contributed by atoms with Gasteiger partial charge in [-0.1, -0.05) is 13.0 Å². The monoisotopic (exact) mass is 287 g/mol. The van der Waals surface area contributed by atoms with Crippen molar-refractivity contribution in [3.05, 3.63) is 24.3 Å². The molecule has 0 saturated heterocycles. The molecule has 1 aromatic rings. The molecule has 1 unspecified atom stereocenters. The van der Waals surface area contributed by atoms with Gasteiger partial charge < -0.3 is 9.84 Å². The Morgan fingerprint density at radius 3 is 2.53 bits per heavy atom. The minimum Gasteiger partial charge on any atom is -0.497 e. The number of rotatable bonds is 6. The number of aliphatic carboxylic acids is 1. The zero-order chi connectivity index (χ0) is 14.6. The Balaban J connectivity index is 3.35. The first-order valence-electron chi connectivity index (χ1n) is 5.67. The predicted octanol–water partition coefficient (Wildman–Crippen LogP) is 1.32.